The Labute approximate surface area is 415 Å². The molecule has 0 saturated heterocycles. The summed E-state index contributed by atoms with van der Waals surface area (Å²) in [6, 6.07) is -12.5. The zero-order chi connectivity index (χ0) is 67.6. The molecule has 1 aliphatic carbocycles. The maximum absolute atomic E-state index is 10.2. The smallest absolute Gasteiger partial charge is 0.240 e. The summed E-state index contributed by atoms with van der Waals surface area (Å²) in [5, 5.41) is -2.18. The Kier molecular flexibility index (Phi) is 4.13. The lowest BCUT2D eigenvalue weighted by Crippen LogP contribution is -2.15. The Balaban J connectivity index is 1.29. The van der Waals surface area contributed by atoms with Crippen molar-refractivity contribution in [1.29, 1.82) is 0 Å². The van der Waals surface area contributed by atoms with E-state index in [2.05, 4.69) is 0 Å². The standard InChI is InChI=1S/C60H41N5/c1-60(2)51-24-14-12-22-45(51)46-30-29-44(34-52(46)60)57-61-58(64-53-25-15-13-23-47(53)48-31-26-41(35-54(48)64)38-16-6-3-7-17-38)63-59(62-57)65-55-36-42(39-18-8-4-9-19-39)27-32-49(55)50-33-28-43(37-56(50)65)40-20-10-5-11-21-40/h3-37H,1-2H3/i3D,4D,5D,6D,7D,8D,9D,10D,11D,13D,15D,16D,17D,18D,19D,20D,21D,23D,25D,26D,27D,28D,31D,32D,33D,35D,36D,37D. The predicted molar refractivity (Wildman–Crippen MR) is 268 cm³/mol. The maximum Gasteiger partial charge on any atom is 0.240 e. The zero-order valence-corrected chi connectivity index (χ0v) is 33.8. The molecule has 0 bridgehead atoms. The monoisotopic (exact) mass is 860 g/mol. The number of benzene rings is 9. The highest BCUT2D eigenvalue weighted by molar-refractivity contribution is 6.12. The van der Waals surface area contributed by atoms with Crippen LogP contribution in [-0.4, -0.2) is 24.1 Å². The van der Waals surface area contributed by atoms with Gasteiger partial charge in [0.1, 0.15) is 0 Å². The number of fused-ring (bicyclic) bond motifs is 9. The first-order chi connectivity index (χ1) is 43.6. The van der Waals surface area contributed by atoms with Crippen molar-refractivity contribution < 1.29 is 38.4 Å². The second-order valence-corrected chi connectivity index (χ2v) is 15.5. The number of aromatic nitrogens is 5. The van der Waals surface area contributed by atoms with Crippen LogP contribution < -0.4 is 0 Å². The highest BCUT2D eigenvalue weighted by Crippen LogP contribution is 2.49. The first-order valence-electron chi connectivity index (χ1n) is 34.0. The largest absolute Gasteiger partial charge is 0.278 e. The molecule has 12 aromatic rings. The number of rotatable bonds is 6. The molecule has 0 spiro atoms. The summed E-state index contributed by atoms with van der Waals surface area (Å²) in [7, 11) is 0. The van der Waals surface area contributed by atoms with Crippen molar-refractivity contribution in [3.63, 3.8) is 0 Å². The van der Waals surface area contributed by atoms with Gasteiger partial charge in [-0.25, -0.2) is 0 Å². The minimum atomic E-state index is -0.951. The van der Waals surface area contributed by atoms with E-state index in [9.17, 15) is 15.1 Å². The summed E-state index contributed by atoms with van der Waals surface area (Å²) < 4.78 is 258. The van der Waals surface area contributed by atoms with Gasteiger partial charge in [0.25, 0.3) is 0 Å². The Hall–Kier alpha value is -8.41. The van der Waals surface area contributed by atoms with Gasteiger partial charge >= 0.3 is 0 Å². The fourth-order valence-corrected chi connectivity index (χ4v) is 8.54. The second-order valence-electron chi connectivity index (χ2n) is 15.5. The number of hydrogen-bond donors (Lipinski definition) is 0. The predicted octanol–water partition coefficient (Wildman–Crippen LogP) is 15.0. The topological polar surface area (TPSA) is 48.5 Å². The quantitative estimate of drug-likeness (QED) is 0.167. The van der Waals surface area contributed by atoms with Gasteiger partial charge in [-0.05, 0) is 85.9 Å². The number of nitrogens with zero attached hydrogens (tertiary/aromatic N) is 5. The summed E-state index contributed by atoms with van der Waals surface area (Å²) in [6.07, 6.45) is 0. The zero-order valence-electron chi connectivity index (χ0n) is 61.8. The van der Waals surface area contributed by atoms with E-state index >= 15 is 0 Å². The normalized spacial score (nSPS) is 18.9. The van der Waals surface area contributed by atoms with E-state index in [4.69, 9.17) is 38.3 Å². The molecule has 3 heterocycles. The molecule has 0 unspecified atom stereocenters. The van der Waals surface area contributed by atoms with Crippen LogP contribution >= 0.6 is 0 Å². The third-order valence-electron chi connectivity index (χ3n) is 11.5. The molecule has 0 amide bonds. The van der Waals surface area contributed by atoms with E-state index in [0.717, 1.165) is 25.8 Å². The summed E-state index contributed by atoms with van der Waals surface area (Å²) in [5.41, 5.74) is -4.31. The highest BCUT2D eigenvalue weighted by Gasteiger charge is 2.35. The molecule has 13 rings (SSSR count). The van der Waals surface area contributed by atoms with Gasteiger partial charge in [-0.3, -0.25) is 9.13 Å². The van der Waals surface area contributed by atoms with Crippen LogP contribution in [0.3, 0.4) is 0 Å². The van der Waals surface area contributed by atoms with Crippen LogP contribution in [0.15, 0.2) is 212 Å². The Bertz CT molecular complexity index is 5310. The van der Waals surface area contributed by atoms with Crippen molar-refractivity contribution in [3.8, 4) is 67.8 Å². The molecule has 0 saturated carbocycles. The molecule has 0 aliphatic heterocycles. The van der Waals surface area contributed by atoms with Gasteiger partial charge in [-0.1, -0.05) is 195 Å². The maximum atomic E-state index is 10.2. The minimum Gasteiger partial charge on any atom is -0.278 e. The van der Waals surface area contributed by atoms with E-state index in [1.165, 1.54) is 0 Å². The molecular weight excluding hydrogens is 791 g/mol. The summed E-state index contributed by atoms with van der Waals surface area (Å²) in [4.78, 5) is 14.8. The summed E-state index contributed by atoms with van der Waals surface area (Å²) >= 11 is 0. The van der Waals surface area contributed by atoms with Gasteiger partial charge in [0.05, 0.1) is 60.4 Å². The minimum absolute atomic E-state index is 0.143. The molecule has 5 nitrogen and oxygen atoms in total. The van der Waals surface area contributed by atoms with E-state index in [0.29, 0.717) is 5.56 Å². The van der Waals surface area contributed by atoms with Crippen LogP contribution in [0.5, 0.6) is 0 Å². The Morgan fingerprint density at radius 1 is 0.385 bits per heavy atom. The third-order valence-corrected chi connectivity index (χ3v) is 11.5. The van der Waals surface area contributed by atoms with Crippen molar-refractivity contribution in [2.75, 3.05) is 0 Å². The van der Waals surface area contributed by atoms with Crippen LogP contribution in [0.4, 0.5) is 0 Å². The van der Waals surface area contributed by atoms with Crippen LogP contribution in [0.2, 0.25) is 0 Å². The SMILES string of the molecule is [2H]c1c([2H])c([2H])c(-c2c([2H])c([2H])c3c4c([2H])c([2H])c([2H])c([2H])c4n(-c4nc(-c5ccc6c(c5)C(C)(C)c5ccccc5-6)nc(-n5c6c([2H])c(-c7c([2H])c([2H])c([2H])c([2H])c7[2H])c([2H])c([2H])c6c6c([2H])c([2H])c(-c7c([2H])c([2H])c([2H])c([2H])c7[2H])c([2H])c65)n4)c3c2[2H])c([2H])c1[2H]. The molecule has 0 atom stereocenters. The number of para-hydroxylation sites is 1. The second kappa shape index (κ2) is 14.3. The van der Waals surface area contributed by atoms with E-state index in [-0.39, 0.29) is 11.4 Å². The summed E-state index contributed by atoms with van der Waals surface area (Å²) in [6.45, 7) is 3.92. The van der Waals surface area contributed by atoms with E-state index < -0.39 is 263 Å². The van der Waals surface area contributed by atoms with Crippen molar-refractivity contribution in [2.24, 2.45) is 0 Å². The molecule has 3 aromatic heterocycles. The van der Waals surface area contributed by atoms with Gasteiger partial charge < -0.3 is 0 Å². The molecular formula is C60H41N5. The molecule has 1 aliphatic rings. The van der Waals surface area contributed by atoms with Gasteiger partial charge in [-0.15, -0.1) is 0 Å². The molecule has 0 N–H and O–H groups in total. The van der Waals surface area contributed by atoms with Gasteiger partial charge in [0.2, 0.25) is 11.9 Å². The Morgan fingerprint density at radius 2 is 0.831 bits per heavy atom. The molecule has 5 heteroatoms. The number of hydrogen-bond acceptors (Lipinski definition) is 3. The lowest BCUT2D eigenvalue weighted by atomic mass is 9.82. The van der Waals surface area contributed by atoms with Crippen molar-refractivity contribution in [1.82, 2.24) is 24.1 Å². The molecule has 65 heavy (non-hydrogen) atoms. The fraction of sp³-hybridized carbons (Fsp3) is 0.0500. The highest BCUT2D eigenvalue weighted by atomic mass is 15.3. The molecule has 306 valence electrons. The van der Waals surface area contributed by atoms with Crippen molar-refractivity contribution in [2.45, 2.75) is 19.3 Å². The van der Waals surface area contributed by atoms with Crippen LogP contribution in [0, 0.1) is 0 Å². The van der Waals surface area contributed by atoms with E-state index in [1.54, 1.807) is 18.2 Å². The van der Waals surface area contributed by atoms with Crippen LogP contribution in [0.1, 0.15) is 63.4 Å². The lowest BCUT2D eigenvalue weighted by Gasteiger charge is -2.22. The average molecular weight is 860 g/mol. The average Bonchev–Trinajstić information content (AvgIpc) is 1.57. The van der Waals surface area contributed by atoms with Gasteiger partial charge in [0, 0.05) is 32.5 Å². The molecule has 0 fully saturated rings. The van der Waals surface area contributed by atoms with Gasteiger partial charge in [0.15, 0.2) is 5.82 Å². The van der Waals surface area contributed by atoms with Gasteiger partial charge in [-0.2, -0.15) is 15.0 Å². The first-order valence-corrected chi connectivity index (χ1v) is 20.0. The molecule has 0 radical (unpaired) electrons. The molecule has 9 aromatic carbocycles. The fourth-order valence-electron chi connectivity index (χ4n) is 8.54. The first kappa shape index (κ1) is 18.7. The van der Waals surface area contributed by atoms with Crippen LogP contribution in [-0.2, 0) is 5.41 Å². The summed E-state index contributed by atoms with van der Waals surface area (Å²) in [5.74, 6) is -1.92. The van der Waals surface area contributed by atoms with Crippen LogP contribution in [0.25, 0.3) is 111 Å². The van der Waals surface area contributed by atoms with Crippen molar-refractivity contribution >= 4 is 43.6 Å². The lowest BCUT2D eigenvalue weighted by molar-refractivity contribution is 0.660. The Morgan fingerprint density at radius 3 is 1.37 bits per heavy atom. The van der Waals surface area contributed by atoms with E-state index in [1.807, 2.05) is 38.1 Å². The third kappa shape index (κ3) is 5.82. The van der Waals surface area contributed by atoms with Crippen molar-refractivity contribution in [3.05, 3.63) is 223 Å².